The quantitative estimate of drug-likeness (QED) is 0.691. The molecule has 1 aromatic heterocycles. The first-order valence-corrected chi connectivity index (χ1v) is 7.95. The molecule has 0 fully saturated rings. The van der Waals surface area contributed by atoms with Crippen molar-refractivity contribution in [1.82, 2.24) is 20.0 Å². The summed E-state index contributed by atoms with van der Waals surface area (Å²) < 4.78 is 1.91. The van der Waals surface area contributed by atoms with Crippen LogP contribution in [0.3, 0.4) is 0 Å². The molecule has 1 N–H and O–H groups in total. The third-order valence-corrected chi connectivity index (χ3v) is 4.24. The molecule has 0 radical (unpaired) electrons. The van der Waals surface area contributed by atoms with E-state index in [-0.39, 0.29) is 0 Å². The van der Waals surface area contributed by atoms with Gasteiger partial charge in [-0.25, -0.2) is 0 Å². The van der Waals surface area contributed by atoms with Crippen LogP contribution in [0, 0.1) is 13.8 Å². The van der Waals surface area contributed by atoms with Gasteiger partial charge in [0.05, 0.1) is 5.69 Å². The van der Waals surface area contributed by atoms with Crippen molar-refractivity contribution >= 4 is 17.6 Å². The van der Waals surface area contributed by atoms with Gasteiger partial charge in [-0.15, -0.1) is 0 Å². The average Bonchev–Trinajstić information content (AvgIpc) is 2.76. The van der Waals surface area contributed by atoms with E-state index in [1.54, 1.807) is 7.05 Å². The van der Waals surface area contributed by atoms with E-state index in [1.165, 1.54) is 16.8 Å². The predicted octanol–water partition coefficient (Wildman–Crippen LogP) is 2.90. The first kappa shape index (κ1) is 17.3. The number of aromatic nitrogens is 2. The van der Waals surface area contributed by atoms with Crippen LogP contribution < -0.4 is 5.32 Å². The van der Waals surface area contributed by atoms with Gasteiger partial charge in [0.15, 0.2) is 5.96 Å². The van der Waals surface area contributed by atoms with Gasteiger partial charge >= 0.3 is 0 Å². The molecule has 0 unspecified atom stereocenters. The summed E-state index contributed by atoms with van der Waals surface area (Å²) in [5.41, 5.74) is 4.63. The fourth-order valence-electron chi connectivity index (χ4n) is 2.56. The predicted molar refractivity (Wildman–Crippen MR) is 95.8 cm³/mol. The van der Waals surface area contributed by atoms with Crippen LogP contribution in [0.2, 0.25) is 5.02 Å². The Labute approximate surface area is 143 Å². The van der Waals surface area contributed by atoms with Crippen molar-refractivity contribution in [3.8, 4) is 0 Å². The molecular formula is C17H24ClN5. The van der Waals surface area contributed by atoms with Gasteiger partial charge in [0.25, 0.3) is 0 Å². The minimum atomic E-state index is 0.711. The molecule has 0 saturated heterocycles. The molecule has 0 atom stereocenters. The van der Waals surface area contributed by atoms with E-state index in [1.807, 2.05) is 50.0 Å². The van der Waals surface area contributed by atoms with Crippen LogP contribution in [-0.2, 0) is 20.1 Å². The summed E-state index contributed by atoms with van der Waals surface area (Å²) in [6.45, 7) is 5.59. The van der Waals surface area contributed by atoms with E-state index >= 15 is 0 Å². The molecule has 6 heteroatoms. The van der Waals surface area contributed by atoms with Gasteiger partial charge in [-0.3, -0.25) is 9.67 Å². The molecule has 0 saturated carbocycles. The lowest BCUT2D eigenvalue weighted by Crippen LogP contribution is -2.38. The molecule has 1 aromatic carbocycles. The van der Waals surface area contributed by atoms with E-state index in [2.05, 4.69) is 27.2 Å². The summed E-state index contributed by atoms with van der Waals surface area (Å²) in [7, 11) is 5.78. The molecule has 124 valence electrons. The van der Waals surface area contributed by atoms with Crippen LogP contribution in [0.4, 0.5) is 0 Å². The lowest BCUT2D eigenvalue weighted by atomic mass is 10.2. The SMILES string of the molecule is CN=C(NCc1c(C)nn(C)c1C)N(C)Cc1ccc(Cl)cc1. The first-order chi connectivity index (χ1) is 10.9. The molecule has 0 amide bonds. The van der Waals surface area contributed by atoms with E-state index in [0.29, 0.717) is 6.54 Å². The Morgan fingerprint density at radius 2 is 1.96 bits per heavy atom. The van der Waals surface area contributed by atoms with Gasteiger partial charge in [0.1, 0.15) is 0 Å². The highest BCUT2D eigenvalue weighted by atomic mass is 35.5. The normalized spacial score (nSPS) is 11.7. The zero-order valence-corrected chi connectivity index (χ0v) is 15.1. The van der Waals surface area contributed by atoms with Gasteiger partial charge < -0.3 is 10.2 Å². The molecule has 1 heterocycles. The number of halogens is 1. The molecule has 0 aliphatic carbocycles. The van der Waals surface area contributed by atoms with Crippen molar-refractivity contribution in [3.05, 3.63) is 51.8 Å². The number of aliphatic imine (C=N–C) groups is 1. The van der Waals surface area contributed by atoms with E-state index < -0.39 is 0 Å². The second kappa shape index (κ2) is 7.51. The molecule has 5 nitrogen and oxygen atoms in total. The molecule has 0 bridgehead atoms. The van der Waals surface area contributed by atoms with Crippen LogP contribution in [0.1, 0.15) is 22.5 Å². The van der Waals surface area contributed by atoms with E-state index in [0.717, 1.165) is 23.2 Å². The van der Waals surface area contributed by atoms with Crippen molar-refractivity contribution in [2.45, 2.75) is 26.9 Å². The Kier molecular flexibility index (Phi) is 5.66. The van der Waals surface area contributed by atoms with Crippen molar-refractivity contribution in [3.63, 3.8) is 0 Å². The summed E-state index contributed by atoms with van der Waals surface area (Å²) >= 11 is 5.93. The zero-order chi connectivity index (χ0) is 17.0. The Balaban J connectivity index is 2.00. The van der Waals surface area contributed by atoms with Gasteiger partial charge in [-0.1, -0.05) is 23.7 Å². The highest BCUT2D eigenvalue weighted by Crippen LogP contribution is 2.13. The molecular weight excluding hydrogens is 310 g/mol. The number of nitrogens with one attached hydrogen (secondary N) is 1. The maximum Gasteiger partial charge on any atom is 0.193 e. The average molecular weight is 334 g/mol. The van der Waals surface area contributed by atoms with Gasteiger partial charge in [0, 0.05) is 50.5 Å². The van der Waals surface area contributed by atoms with Gasteiger partial charge in [-0.05, 0) is 31.5 Å². The van der Waals surface area contributed by atoms with Crippen molar-refractivity contribution in [1.29, 1.82) is 0 Å². The maximum absolute atomic E-state index is 5.93. The Morgan fingerprint density at radius 3 is 2.48 bits per heavy atom. The third-order valence-electron chi connectivity index (χ3n) is 3.99. The molecule has 0 aliphatic rings. The van der Waals surface area contributed by atoms with E-state index in [9.17, 15) is 0 Å². The highest BCUT2D eigenvalue weighted by Gasteiger charge is 2.12. The largest absolute Gasteiger partial charge is 0.352 e. The van der Waals surface area contributed by atoms with Crippen molar-refractivity contribution < 1.29 is 0 Å². The standard InChI is InChI=1S/C17H24ClN5/c1-12-16(13(2)23(5)21-12)10-20-17(19-3)22(4)11-14-6-8-15(18)9-7-14/h6-9H,10-11H2,1-5H3,(H,19,20). The molecule has 2 rings (SSSR count). The second-order valence-corrected chi connectivity index (χ2v) is 6.09. The summed E-state index contributed by atoms with van der Waals surface area (Å²) in [6, 6.07) is 7.87. The van der Waals surface area contributed by atoms with E-state index in [4.69, 9.17) is 11.6 Å². The maximum atomic E-state index is 5.93. The van der Waals surface area contributed by atoms with Crippen LogP contribution in [0.25, 0.3) is 0 Å². The van der Waals surface area contributed by atoms with Crippen LogP contribution >= 0.6 is 11.6 Å². The fourth-order valence-corrected chi connectivity index (χ4v) is 2.69. The summed E-state index contributed by atoms with van der Waals surface area (Å²) in [6.07, 6.45) is 0. The minimum absolute atomic E-state index is 0.711. The number of guanidine groups is 1. The Hall–Kier alpha value is -2.01. The lowest BCUT2D eigenvalue weighted by Gasteiger charge is -2.22. The van der Waals surface area contributed by atoms with Crippen molar-refractivity contribution in [2.24, 2.45) is 12.0 Å². The number of aryl methyl sites for hydroxylation is 2. The summed E-state index contributed by atoms with van der Waals surface area (Å²) in [5, 5.41) is 8.61. The Morgan fingerprint density at radius 1 is 1.30 bits per heavy atom. The number of benzene rings is 1. The summed E-state index contributed by atoms with van der Waals surface area (Å²) in [4.78, 5) is 6.45. The van der Waals surface area contributed by atoms with Gasteiger partial charge in [0.2, 0.25) is 0 Å². The van der Waals surface area contributed by atoms with Crippen LogP contribution in [-0.4, -0.2) is 34.7 Å². The molecule has 23 heavy (non-hydrogen) atoms. The highest BCUT2D eigenvalue weighted by molar-refractivity contribution is 6.30. The summed E-state index contributed by atoms with van der Waals surface area (Å²) in [5.74, 6) is 0.850. The fraction of sp³-hybridized carbons (Fsp3) is 0.412. The number of hydrogen-bond acceptors (Lipinski definition) is 2. The molecule has 0 aliphatic heterocycles. The van der Waals surface area contributed by atoms with Crippen molar-refractivity contribution in [2.75, 3.05) is 14.1 Å². The van der Waals surface area contributed by atoms with Gasteiger partial charge in [-0.2, -0.15) is 5.10 Å². The first-order valence-electron chi connectivity index (χ1n) is 7.57. The number of rotatable bonds is 4. The monoisotopic (exact) mass is 333 g/mol. The number of nitrogens with zero attached hydrogens (tertiary/aromatic N) is 4. The van der Waals surface area contributed by atoms with Crippen LogP contribution in [0.5, 0.6) is 0 Å². The third kappa shape index (κ3) is 4.26. The topological polar surface area (TPSA) is 45.5 Å². The lowest BCUT2D eigenvalue weighted by molar-refractivity contribution is 0.476. The Bertz CT molecular complexity index is 688. The smallest absolute Gasteiger partial charge is 0.193 e. The molecule has 0 spiro atoms. The zero-order valence-electron chi connectivity index (χ0n) is 14.4. The molecule has 2 aromatic rings. The second-order valence-electron chi connectivity index (χ2n) is 5.66. The minimum Gasteiger partial charge on any atom is -0.352 e. The number of hydrogen-bond donors (Lipinski definition) is 1. The van der Waals surface area contributed by atoms with Crippen LogP contribution in [0.15, 0.2) is 29.3 Å².